The molecule has 0 aliphatic heterocycles. The normalized spacial score (nSPS) is 18.5. The van der Waals surface area contributed by atoms with E-state index in [0.717, 1.165) is 5.02 Å². The summed E-state index contributed by atoms with van der Waals surface area (Å²) in [5, 5.41) is 0.769. The molecule has 2 aliphatic carbocycles. The molecule has 2 aliphatic rings. The molecule has 1 heteroatoms. The van der Waals surface area contributed by atoms with Crippen molar-refractivity contribution in [1.82, 2.24) is 0 Å². The molecule has 0 fully saturated rings. The van der Waals surface area contributed by atoms with Crippen LogP contribution in [0.5, 0.6) is 0 Å². The average Bonchev–Trinajstić information content (AvgIpc) is 3.31. The van der Waals surface area contributed by atoms with Crippen molar-refractivity contribution in [3.63, 3.8) is 0 Å². The number of benzene rings is 5. The topological polar surface area (TPSA) is 0 Å². The molecular formula is C34H25Cl. The van der Waals surface area contributed by atoms with Crippen LogP contribution < -0.4 is 0 Å². The summed E-state index contributed by atoms with van der Waals surface area (Å²) in [5.74, 6) is 0. The van der Waals surface area contributed by atoms with Crippen molar-refractivity contribution >= 4 is 11.6 Å². The SMILES string of the molecule is CC1(C)c2ccccc2-c2ccc(C3(c4ccccc4)c4ccccc4-c4ccc(Cl)cc43)cc21. The quantitative estimate of drug-likeness (QED) is 0.238. The summed E-state index contributed by atoms with van der Waals surface area (Å²) < 4.78 is 0. The van der Waals surface area contributed by atoms with E-state index in [0.29, 0.717) is 0 Å². The standard InChI is InChI=1S/C34H25Cl/c1-33(2)29-14-8-6-12-25(29)27-18-16-23(20-31(27)33)34(22-10-4-3-5-11-22)30-15-9-7-13-26(30)28-19-17-24(35)21-32(28)34/h3-21H,1-2H3. The smallest absolute Gasteiger partial charge is 0.0714 e. The van der Waals surface area contributed by atoms with Crippen molar-refractivity contribution in [2.45, 2.75) is 24.7 Å². The van der Waals surface area contributed by atoms with Crippen molar-refractivity contribution in [3.05, 3.63) is 154 Å². The van der Waals surface area contributed by atoms with Gasteiger partial charge in [0.2, 0.25) is 0 Å². The number of rotatable bonds is 2. The summed E-state index contributed by atoms with van der Waals surface area (Å²) in [5.41, 5.74) is 12.7. The van der Waals surface area contributed by atoms with Crippen LogP contribution in [0.2, 0.25) is 5.02 Å². The van der Waals surface area contributed by atoms with Gasteiger partial charge in [-0.25, -0.2) is 0 Å². The third-order valence-electron chi connectivity index (χ3n) is 8.23. The highest BCUT2D eigenvalue weighted by molar-refractivity contribution is 6.30. The minimum atomic E-state index is -0.433. The van der Waals surface area contributed by atoms with Gasteiger partial charge in [0.25, 0.3) is 0 Å². The molecule has 0 saturated heterocycles. The van der Waals surface area contributed by atoms with Crippen molar-refractivity contribution in [2.75, 3.05) is 0 Å². The lowest BCUT2D eigenvalue weighted by Gasteiger charge is -2.35. The molecule has 5 aromatic rings. The third-order valence-corrected chi connectivity index (χ3v) is 8.47. The fourth-order valence-electron chi connectivity index (χ4n) is 6.67. The van der Waals surface area contributed by atoms with E-state index in [1.165, 1.54) is 55.6 Å². The summed E-state index contributed by atoms with van der Waals surface area (Å²) in [6.45, 7) is 4.70. The Labute approximate surface area is 211 Å². The molecule has 0 spiro atoms. The van der Waals surface area contributed by atoms with E-state index in [1.807, 2.05) is 6.07 Å². The van der Waals surface area contributed by atoms with Crippen LogP contribution in [-0.2, 0) is 10.8 Å². The zero-order valence-corrected chi connectivity index (χ0v) is 20.6. The maximum absolute atomic E-state index is 6.67. The molecule has 0 nitrogen and oxygen atoms in total. The Balaban J connectivity index is 1.60. The lowest BCUT2D eigenvalue weighted by Crippen LogP contribution is -2.29. The van der Waals surface area contributed by atoms with E-state index in [1.54, 1.807) is 0 Å². The number of halogens is 1. The van der Waals surface area contributed by atoms with E-state index >= 15 is 0 Å². The maximum atomic E-state index is 6.67. The second kappa shape index (κ2) is 7.20. The minimum Gasteiger partial charge on any atom is -0.0843 e. The van der Waals surface area contributed by atoms with E-state index in [-0.39, 0.29) is 5.41 Å². The summed E-state index contributed by atoms with van der Waals surface area (Å²) in [7, 11) is 0. The van der Waals surface area contributed by atoms with Gasteiger partial charge in [0.1, 0.15) is 0 Å². The lowest BCUT2D eigenvalue weighted by molar-refractivity contribution is 0.655. The zero-order valence-electron chi connectivity index (χ0n) is 19.8. The number of hydrogen-bond acceptors (Lipinski definition) is 0. The Morgan fingerprint density at radius 1 is 0.457 bits per heavy atom. The Hall–Kier alpha value is -3.61. The zero-order chi connectivity index (χ0) is 23.8. The van der Waals surface area contributed by atoms with Crippen LogP contribution in [0.4, 0.5) is 0 Å². The highest BCUT2D eigenvalue weighted by Gasteiger charge is 2.47. The predicted molar refractivity (Wildman–Crippen MR) is 146 cm³/mol. The van der Waals surface area contributed by atoms with Gasteiger partial charge in [0.05, 0.1) is 5.41 Å². The van der Waals surface area contributed by atoms with E-state index in [2.05, 4.69) is 123 Å². The van der Waals surface area contributed by atoms with Gasteiger partial charge in [-0.1, -0.05) is 129 Å². The molecular weight excluding hydrogens is 444 g/mol. The summed E-state index contributed by atoms with van der Waals surface area (Å²) in [4.78, 5) is 0. The first kappa shape index (κ1) is 20.7. The first-order valence-corrected chi connectivity index (χ1v) is 12.6. The Bertz CT molecular complexity index is 1630. The Morgan fingerprint density at radius 3 is 1.80 bits per heavy atom. The molecule has 0 radical (unpaired) electrons. The molecule has 5 aromatic carbocycles. The highest BCUT2D eigenvalue weighted by Crippen LogP contribution is 2.58. The van der Waals surface area contributed by atoms with Gasteiger partial charge in [0.15, 0.2) is 0 Å². The molecule has 0 heterocycles. The number of fused-ring (bicyclic) bond motifs is 6. The average molecular weight is 469 g/mol. The summed E-state index contributed by atoms with van der Waals surface area (Å²) >= 11 is 6.67. The van der Waals surface area contributed by atoms with Crippen LogP contribution >= 0.6 is 11.6 Å². The van der Waals surface area contributed by atoms with Gasteiger partial charge in [0, 0.05) is 10.4 Å². The van der Waals surface area contributed by atoms with E-state index in [4.69, 9.17) is 11.6 Å². The molecule has 0 aromatic heterocycles. The van der Waals surface area contributed by atoms with E-state index in [9.17, 15) is 0 Å². The minimum absolute atomic E-state index is 0.0604. The molecule has 168 valence electrons. The molecule has 1 atom stereocenters. The molecule has 0 N–H and O–H groups in total. The van der Waals surface area contributed by atoms with Gasteiger partial charge in [-0.05, 0) is 67.8 Å². The fourth-order valence-corrected chi connectivity index (χ4v) is 6.84. The second-order valence-corrected chi connectivity index (χ2v) is 10.7. The molecule has 35 heavy (non-hydrogen) atoms. The second-order valence-electron chi connectivity index (χ2n) is 10.3. The van der Waals surface area contributed by atoms with Gasteiger partial charge in [-0.2, -0.15) is 0 Å². The third kappa shape index (κ3) is 2.64. The van der Waals surface area contributed by atoms with Gasteiger partial charge in [-0.15, -0.1) is 0 Å². The van der Waals surface area contributed by atoms with Crippen LogP contribution in [0, 0.1) is 0 Å². The lowest BCUT2D eigenvalue weighted by atomic mass is 9.66. The fraction of sp³-hybridized carbons (Fsp3) is 0.118. The molecule has 1 unspecified atom stereocenters. The van der Waals surface area contributed by atoms with Crippen LogP contribution in [0.25, 0.3) is 22.3 Å². The van der Waals surface area contributed by atoms with Crippen LogP contribution in [0.1, 0.15) is 47.2 Å². The largest absolute Gasteiger partial charge is 0.0843 e. The monoisotopic (exact) mass is 468 g/mol. The van der Waals surface area contributed by atoms with Crippen molar-refractivity contribution in [1.29, 1.82) is 0 Å². The van der Waals surface area contributed by atoms with Gasteiger partial charge >= 0.3 is 0 Å². The summed E-state index contributed by atoms with van der Waals surface area (Å²) in [6, 6.07) is 42.1. The number of hydrogen-bond donors (Lipinski definition) is 0. The van der Waals surface area contributed by atoms with Crippen molar-refractivity contribution < 1.29 is 0 Å². The van der Waals surface area contributed by atoms with Crippen LogP contribution in [0.15, 0.2) is 115 Å². The Morgan fingerprint density at radius 2 is 1.03 bits per heavy atom. The van der Waals surface area contributed by atoms with Gasteiger partial charge in [-0.3, -0.25) is 0 Å². The molecule has 0 amide bonds. The van der Waals surface area contributed by atoms with Crippen LogP contribution in [0.3, 0.4) is 0 Å². The molecule has 0 bridgehead atoms. The maximum Gasteiger partial charge on any atom is 0.0714 e. The molecule has 7 rings (SSSR count). The molecule has 0 saturated carbocycles. The predicted octanol–water partition coefficient (Wildman–Crippen LogP) is 9.01. The van der Waals surface area contributed by atoms with Crippen molar-refractivity contribution in [3.8, 4) is 22.3 Å². The first-order valence-electron chi connectivity index (χ1n) is 12.2. The van der Waals surface area contributed by atoms with E-state index < -0.39 is 5.41 Å². The summed E-state index contributed by atoms with van der Waals surface area (Å²) in [6.07, 6.45) is 0. The van der Waals surface area contributed by atoms with Crippen LogP contribution in [-0.4, -0.2) is 0 Å². The highest BCUT2D eigenvalue weighted by atomic mass is 35.5. The first-order chi connectivity index (χ1) is 17.0. The van der Waals surface area contributed by atoms with Gasteiger partial charge < -0.3 is 0 Å². The van der Waals surface area contributed by atoms with Crippen molar-refractivity contribution in [2.24, 2.45) is 0 Å². The Kier molecular flexibility index (Phi) is 4.26.